The Morgan fingerprint density at radius 1 is 1.41 bits per heavy atom. The van der Waals surface area contributed by atoms with Gasteiger partial charge >= 0.3 is 0 Å². The Labute approximate surface area is 150 Å². The van der Waals surface area contributed by atoms with Crippen molar-refractivity contribution in [1.82, 2.24) is 5.32 Å². The number of carbonyl (C=O) groups is 1. The van der Waals surface area contributed by atoms with Crippen LogP contribution in [-0.2, 0) is 9.53 Å². The minimum absolute atomic E-state index is 0. The van der Waals surface area contributed by atoms with Crippen LogP contribution in [0.25, 0.3) is 0 Å². The maximum atomic E-state index is 12.2. The minimum atomic E-state index is -0.764. The standard InChI is InChI=1S/C15H21BrN2O2S.ClH/c1-11(21-13-4-2-12(16)3-5-13)10-18-14(19)15(17)6-8-20-9-7-15;/h2-5,11H,6-10,17H2,1H3,(H,18,19);1H. The predicted octanol–water partition coefficient (Wildman–Crippen LogP) is 2.98. The van der Waals surface area contributed by atoms with E-state index in [1.807, 2.05) is 12.1 Å². The zero-order valence-electron chi connectivity index (χ0n) is 12.5. The number of halogens is 2. The Hall–Kier alpha value is -0.270. The van der Waals surface area contributed by atoms with Crippen LogP contribution in [0.1, 0.15) is 19.8 Å². The fraction of sp³-hybridized carbons (Fsp3) is 0.533. The summed E-state index contributed by atoms with van der Waals surface area (Å²) < 4.78 is 6.33. The van der Waals surface area contributed by atoms with Gasteiger partial charge in [-0.25, -0.2) is 0 Å². The largest absolute Gasteiger partial charge is 0.381 e. The lowest BCUT2D eigenvalue weighted by Gasteiger charge is -2.32. The molecule has 124 valence electrons. The highest BCUT2D eigenvalue weighted by atomic mass is 79.9. The fourth-order valence-corrected chi connectivity index (χ4v) is 3.35. The highest BCUT2D eigenvalue weighted by molar-refractivity contribution is 9.10. The fourth-order valence-electron chi connectivity index (χ4n) is 2.16. The number of nitrogens with one attached hydrogen (secondary N) is 1. The number of thioether (sulfide) groups is 1. The lowest BCUT2D eigenvalue weighted by atomic mass is 9.90. The SMILES string of the molecule is CC(CNC(=O)C1(N)CCOCC1)Sc1ccc(Br)cc1.Cl. The topological polar surface area (TPSA) is 64.4 Å². The molecule has 0 spiro atoms. The van der Waals surface area contributed by atoms with Gasteiger partial charge in [0.25, 0.3) is 0 Å². The molecule has 0 saturated carbocycles. The Morgan fingerprint density at radius 3 is 2.59 bits per heavy atom. The molecule has 1 unspecified atom stereocenters. The summed E-state index contributed by atoms with van der Waals surface area (Å²) in [6, 6.07) is 8.17. The van der Waals surface area contributed by atoms with Gasteiger partial charge in [0.2, 0.25) is 5.91 Å². The Kier molecular flexibility index (Phi) is 8.21. The van der Waals surface area contributed by atoms with Crippen molar-refractivity contribution in [3.63, 3.8) is 0 Å². The van der Waals surface area contributed by atoms with E-state index in [4.69, 9.17) is 10.5 Å². The van der Waals surface area contributed by atoms with Crippen molar-refractivity contribution in [3.05, 3.63) is 28.7 Å². The minimum Gasteiger partial charge on any atom is -0.381 e. The van der Waals surface area contributed by atoms with Crippen LogP contribution in [0.15, 0.2) is 33.6 Å². The number of nitrogens with two attached hydrogens (primary N) is 1. The van der Waals surface area contributed by atoms with Gasteiger partial charge in [0, 0.05) is 34.4 Å². The van der Waals surface area contributed by atoms with Crippen LogP contribution < -0.4 is 11.1 Å². The third-order valence-electron chi connectivity index (χ3n) is 3.54. The Balaban J connectivity index is 0.00000242. The van der Waals surface area contributed by atoms with Gasteiger partial charge in [0.15, 0.2) is 0 Å². The Morgan fingerprint density at radius 2 is 2.00 bits per heavy atom. The third-order valence-corrected chi connectivity index (χ3v) is 5.18. The summed E-state index contributed by atoms with van der Waals surface area (Å²) in [5, 5.41) is 3.27. The number of rotatable bonds is 5. The van der Waals surface area contributed by atoms with Gasteiger partial charge in [-0.15, -0.1) is 24.2 Å². The molecule has 22 heavy (non-hydrogen) atoms. The van der Waals surface area contributed by atoms with Crippen LogP contribution in [-0.4, -0.2) is 36.5 Å². The molecule has 3 N–H and O–H groups in total. The molecule has 1 saturated heterocycles. The van der Waals surface area contributed by atoms with E-state index in [1.165, 1.54) is 4.90 Å². The van der Waals surface area contributed by atoms with Crippen LogP contribution in [0.3, 0.4) is 0 Å². The Bertz CT molecular complexity index is 481. The summed E-state index contributed by atoms with van der Waals surface area (Å²) in [6.07, 6.45) is 1.18. The monoisotopic (exact) mass is 408 g/mol. The first-order valence-electron chi connectivity index (χ1n) is 7.07. The first-order valence-corrected chi connectivity index (χ1v) is 8.74. The van der Waals surface area contributed by atoms with Crippen LogP contribution in [0.4, 0.5) is 0 Å². The summed E-state index contributed by atoms with van der Waals surface area (Å²) in [5.41, 5.74) is 5.39. The van der Waals surface area contributed by atoms with E-state index in [1.54, 1.807) is 11.8 Å². The predicted molar refractivity (Wildman–Crippen MR) is 96.7 cm³/mol. The van der Waals surface area contributed by atoms with Gasteiger partial charge in [-0.1, -0.05) is 22.9 Å². The maximum Gasteiger partial charge on any atom is 0.240 e. The van der Waals surface area contributed by atoms with E-state index in [2.05, 4.69) is 40.3 Å². The smallest absolute Gasteiger partial charge is 0.240 e. The number of benzene rings is 1. The van der Waals surface area contributed by atoms with Crippen LogP contribution in [0.5, 0.6) is 0 Å². The van der Waals surface area contributed by atoms with Crippen molar-refractivity contribution in [1.29, 1.82) is 0 Å². The summed E-state index contributed by atoms with van der Waals surface area (Å²) in [5.74, 6) is -0.0611. The molecule has 7 heteroatoms. The van der Waals surface area contributed by atoms with Gasteiger partial charge in [-0.3, -0.25) is 4.79 Å². The van der Waals surface area contributed by atoms with Crippen molar-refractivity contribution < 1.29 is 9.53 Å². The molecular formula is C15H22BrClN2O2S. The van der Waals surface area contributed by atoms with E-state index < -0.39 is 5.54 Å². The van der Waals surface area contributed by atoms with Crippen LogP contribution in [0, 0.1) is 0 Å². The van der Waals surface area contributed by atoms with Gasteiger partial charge in [-0.2, -0.15) is 0 Å². The van der Waals surface area contributed by atoms with Crippen molar-refractivity contribution in [2.45, 2.75) is 35.4 Å². The van der Waals surface area contributed by atoms with Crippen molar-refractivity contribution in [2.75, 3.05) is 19.8 Å². The molecule has 1 heterocycles. The van der Waals surface area contributed by atoms with Crippen molar-refractivity contribution in [3.8, 4) is 0 Å². The zero-order chi connectivity index (χ0) is 15.3. The molecule has 0 bridgehead atoms. The molecule has 1 aromatic carbocycles. The lowest BCUT2D eigenvalue weighted by molar-refractivity contribution is -0.129. The third kappa shape index (κ3) is 5.74. The van der Waals surface area contributed by atoms with Crippen molar-refractivity contribution in [2.24, 2.45) is 5.73 Å². The van der Waals surface area contributed by atoms with Gasteiger partial charge < -0.3 is 15.8 Å². The molecule has 1 aliphatic rings. The zero-order valence-corrected chi connectivity index (χ0v) is 15.7. The van der Waals surface area contributed by atoms with Crippen LogP contribution in [0.2, 0.25) is 0 Å². The van der Waals surface area contributed by atoms with E-state index in [0.717, 1.165) is 4.47 Å². The highest BCUT2D eigenvalue weighted by Crippen LogP contribution is 2.24. The lowest BCUT2D eigenvalue weighted by Crippen LogP contribution is -2.57. The second-order valence-corrected chi connectivity index (χ2v) is 7.79. The first-order chi connectivity index (χ1) is 9.99. The highest BCUT2D eigenvalue weighted by Gasteiger charge is 2.35. The average Bonchev–Trinajstić information content (AvgIpc) is 2.48. The molecule has 0 aromatic heterocycles. The van der Waals surface area contributed by atoms with E-state index in [0.29, 0.717) is 37.9 Å². The molecule has 1 fully saturated rings. The second kappa shape index (κ2) is 9.13. The summed E-state index contributed by atoms with van der Waals surface area (Å²) >= 11 is 5.16. The molecular weight excluding hydrogens is 388 g/mol. The number of carbonyl (C=O) groups excluding carboxylic acids is 1. The number of hydrogen-bond acceptors (Lipinski definition) is 4. The normalized spacial score (nSPS) is 18.1. The van der Waals surface area contributed by atoms with Gasteiger partial charge in [0.05, 0.1) is 5.54 Å². The van der Waals surface area contributed by atoms with E-state index in [9.17, 15) is 4.79 Å². The molecule has 0 radical (unpaired) electrons. The average molecular weight is 410 g/mol. The molecule has 4 nitrogen and oxygen atoms in total. The number of ether oxygens (including phenoxy) is 1. The number of hydrogen-bond donors (Lipinski definition) is 2. The molecule has 0 aliphatic carbocycles. The number of amides is 1. The molecule has 2 rings (SSSR count). The quantitative estimate of drug-likeness (QED) is 0.734. The first kappa shape index (κ1) is 19.8. The second-order valence-electron chi connectivity index (χ2n) is 5.36. The maximum absolute atomic E-state index is 12.2. The molecule has 1 aliphatic heterocycles. The van der Waals surface area contributed by atoms with Gasteiger partial charge in [-0.05, 0) is 37.1 Å². The molecule has 1 aromatic rings. The van der Waals surface area contributed by atoms with Crippen LogP contribution >= 0.6 is 40.1 Å². The molecule has 1 amide bonds. The van der Waals surface area contributed by atoms with Gasteiger partial charge in [0.1, 0.15) is 0 Å². The molecule has 1 atom stereocenters. The van der Waals surface area contributed by atoms with Crippen molar-refractivity contribution >= 4 is 46.0 Å². The van der Waals surface area contributed by atoms with E-state index in [-0.39, 0.29) is 18.3 Å². The van der Waals surface area contributed by atoms with E-state index >= 15 is 0 Å². The summed E-state index contributed by atoms with van der Waals surface area (Å²) in [7, 11) is 0. The summed E-state index contributed by atoms with van der Waals surface area (Å²) in [4.78, 5) is 13.4. The summed E-state index contributed by atoms with van der Waals surface area (Å²) in [6.45, 7) is 3.83.